The van der Waals surface area contributed by atoms with Crippen LogP contribution >= 0.6 is 11.3 Å². The van der Waals surface area contributed by atoms with Gasteiger partial charge in [0.15, 0.2) is 0 Å². The third-order valence-corrected chi connectivity index (χ3v) is 5.76. The minimum Gasteiger partial charge on any atom is -0.397 e. The van der Waals surface area contributed by atoms with E-state index in [1.165, 1.54) is 11.3 Å². The molecule has 2 aliphatic heterocycles. The third kappa shape index (κ3) is 1.93. The van der Waals surface area contributed by atoms with Crippen molar-refractivity contribution in [2.24, 2.45) is 0 Å². The Bertz CT molecular complexity index is 700. The number of nitrogens with zero attached hydrogens (tertiary/aromatic N) is 2. The monoisotopic (exact) mass is 303 g/mol. The van der Waals surface area contributed by atoms with Gasteiger partial charge in [-0.15, -0.1) is 11.3 Å². The number of piperidine rings is 1. The van der Waals surface area contributed by atoms with E-state index in [2.05, 4.69) is 4.98 Å². The van der Waals surface area contributed by atoms with Gasteiger partial charge in [-0.3, -0.25) is 4.79 Å². The summed E-state index contributed by atoms with van der Waals surface area (Å²) in [5.74, 6) is 0.00917. The molecule has 2 aromatic rings. The molecule has 3 N–H and O–H groups in total. The van der Waals surface area contributed by atoms with Crippen LogP contribution in [0.4, 0.5) is 5.69 Å². The van der Waals surface area contributed by atoms with Crippen molar-refractivity contribution < 1.29 is 9.90 Å². The van der Waals surface area contributed by atoms with Gasteiger partial charge in [0.05, 0.1) is 11.8 Å². The smallest absolute Gasteiger partial charge is 0.266 e. The molecule has 2 atom stereocenters. The number of rotatable bonds is 1. The summed E-state index contributed by atoms with van der Waals surface area (Å²) >= 11 is 1.37. The van der Waals surface area contributed by atoms with Gasteiger partial charge in [-0.05, 0) is 37.8 Å². The number of hydrogen-bond donors (Lipinski definition) is 2. The number of pyridine rings is 1. The van der Waals surface area contributed by atoms with Crippen LogP contribution in [0.3, 0.4) is 0 Å². The number of aliphatic hydroxyl groups excluding tert-OH is 1. The Morgan fingerprint density at radius 1 is 1.38 bits per heavy atom. The van der Waals surface area contributed by atoms with E-state index in [0.717, 1.165) is 23.1 Å². The van der Waals surface area contributed by atoms with Gasteiger partial charge in [0.25, 0.3) is 5.91 Å². The maximum atomic E-state index is 12.9. The largest absolute Gasteiger partial charge is 0.397 e. The van der Waals surface area contributed by atoms with E-state index in [4.69, 9.17) is 5.73 Å². The molecular weight excluding hydrogens is 286 g/mol. The lowest BCUT2D eigenvalue weighted by molar-refractivity contribution is 0.0291. The van der Waals surface area contributed by atoms with E-state index in [9.17, 15) is 9.90 Å². The van der Waals surface area contributed by atoms with Crippen LogP contribution in [0.1, 0.15) is 35.4 Å². The first-order chi connectivity index (χ1) is 10.1. The van der Waals surface area contributed by atoms with Crippen LogP contribution in [0.5, 0.6) is 0 Å². The number of hydrogen-bond acceptors (Lipinski definition) is 5. The Morgan fingerprint density at radius 3 is 2.76 bits per heavy atom. The maximum absolute atomic E-state index is 12.9. The zero-order chi connectivity index (χ0) is 14.6. The van der Waals surface area contributed by atoms with Gasteiger partial charge in [-0.2, -0.15) is 0 Å². The molecule has 0 saturated carbocycles. The quantitative estimate of drug-likeness (QED) is 0.844. The Labute approximate surface area is 126 Å². The molecule has 2 bridgehead atoms. The molecule has 2 aliphatic rings. The summed E-state index contributed by atoms with van der Waals surface area (Å²) in [4.78, 5) is 20.5. The number of carbonyl (C=O) groups excluding carboxylic acids is 1. The Morgan fingerprint density at radius 2 is 2.10 bits per heavy atom. The lowest BCUT2D eigenvalue weighted by Crippen LogP contribution is -2.47. The van der Waals surface area contributed by atoms with Gasteiger partial charge in [0.2, 0.25) is 0 Å². The van der Waals surface area contributed by atoms with E-state index >= 15 is 0 Å². The fourth-order valence-electron chi connectivity index (χ4n) is 3.71. The van der Waals surface area contributed by atoms with E-state index in [-0.39, 0.29) is 24.1 Å². The second-order valence-corrected chi connectivity index (χ2v) is 6.92. The van der Waals surface area contributed by atoms with Crippen molar-refractivity contribution in [1.29, 1.82) is 0 Å². The van der Waals surface area contributed by atoms with Crippen molar-refractivity contribution >= 4 is 33.1 Å². The fraction of sp³-hybridized carbons (Fsp3) is 0.467. The lowest BCUT2D eigenvalue weighted by Gasteiger charge is -2.37. The van der Waals surface area contributed by atoms with Crippen LogP contribution in [0.2, 0.25) is 0 Å². The molecule has 4 rings (SSSR count). The molecule has 0 spiro atoms. The first kappa shape index (κ1) is 13.0. The second kappa shape index (κ2) is 4.68. The SMILES string of the molecule is Nc1c(C(=O)N2C3CCC2CC(O)C3)sc2ncccc12. The highest BCUT2D eigenvalue weighted by Crippen LogP contribution is 2.40. The number of anilines is 1. The number of thiophene rings is 1. The van der Waals surface area contributed by atoms with E-state index in [0.29, 0.717) is 23.4 Å². The molecule has 1 amide bonds. The number of aromatic nitrogens is 1. The molecule has 110 valence electrons. The zero-order valence-electron chi connectivity index (χ0n) is 11.5. The lowest BCUT2D eigenvalue weighted by atomic mass is 9.99. The van der Waals surface area contributed by atoms with Gasteiger partial charge in [-0.1, -0.05) is 0 Å². The molecule has 2 fully saturated rings. The fourth-order valence-corrected chi connectivity index (χ4v) is 4.71. The van der Waals surface area contributed by atoms with Crippen molar-refractivity contribution in [1.82, 2.24) is 9.88 Å². The second-order valence-electron chi connectivity index (χ2n) is 5.92. The third-order valence-electron chi connectivity index (χ3n) is 4.64. The van der Waals surface area contributed by atoms with Crippen LogP contribution in [0, 0.1) is 0 Å². The predicted octanol–water partition coefficient (Wildman–Crippen LogP) is 2.01. The van der Waals surface area contributed by atoms with Crippen molar-refractivity contribution in [3.63, 3.8) is 0 Å². The number of aliphatic hydroxyl groups is 1. The summed E-state index contributed by atoms with van der Waals surface area (Å²) in [7, 11) is 0. The van der Waals surface area contributed by atoms with Gasteiger partial charge in [0, 0.05) is 23.7 Å². The Hall–Kier alpha value is -1.66. The van der Waals surface area contributed by atoms with Gasteiger partial charge in [0.1, 0.15) is 9.71 Å². The molecule has 6 heteroatoms. The van der Waals surface area contributed by atoms with Crippen molar-refractivity contribution in [3.8, 4) is 0 Å². The van der Waals surface area contributed by atoms with E-state index in [1.807, 2.05) is 17.0 Å². The van der Waals surface area contributed by atoms with Crippen molar-refractivity contribution in [2.45, 2.75) is 43.9 Å². The predicted molar refractivity (Wildman–Crippen MR) is 82.3 cm³/mol. The molecule has 2 aromatic heterocycles. The molecule has 0 radical (unpaired) electrons. The van der Waals surface area contributed by atoms with Crippen LogP contribution in [-0.2, 0) is 0 Å². The van der Waals surface area contributed by atoms with Gasteiger partial charge < -0.3 is 15.7 Å². The van der Waals surface area contributed by atoms with E-state index < -0.39 is 0 Å². The standard InChI is InChI=1S/C15H17N3O2S/c16-12-11-2-1-5-17-14(11)21-13(12)15(20)18-8-3-4-9(18)7-10(19)6-8/h1-2,5,8-10,19H,3-4,6-7,16H2. The minimum absolute atomic E-state index is 0.00917. The summed E-state index contributed by atoms with van der Waals surface area (Å²) in [6.07, 6.45) is 4.78. The normalized spacial score (nSPS) is 28.2. The molecule has 21 heavy (non-hydrogen) atoms. The molecule has 0 aliphatic carbocycles. The van der Waals surface area contributed by atoms with Gasteiger partial charge >= 0.3 is 0 Å². The molecular formula is C15H17N3O2S. The minimum atomic E-state index is -0.270. The van der Waals surface area contributed by atoms with Gasteiger partial charge in [-0.25, -0.2) is 4.98 Å². The first-order valence-corrected chi connectivity index (χ1v) is 8.10. The summed E-state index contributed by atoms with van der Waals surface area (Å²) in [6, 6.07) is 4.05. The van der Waals surface area contributed by atoms with Crippen LogP contribution < -0.4 is 5.73 Å². The number of fused-ring (bicyclic) bond motifs is 3. The highest BCUT2D eigenvalue weighted by Gasteiger charge is 2.43. The molecule has 0 aromatic carbocycles. The molecule has 2 unspecified atom stereocenters. The number of nitrogens with two attached hydrogens (primary N) is 1. The summed E-state index contributed by atoms with van der Waals surface area (Å²) in [5.41, 5.74) is 6.70. The van der Waals surface area contributed by atoms with Crippen LogP contribution in [-0.4, -0.2) is 39.1 Å². The van der Waals surface area contributed by atoms with Crippen molar-refractivity contribution in [3.05, 3.63) is 23.2 Å². The molecule has 5 nitrogen and oxygen atoms in total. The first-order valence-electron chi connectivity index (χ1n) is 7.29. The summed E-state index contributed by atoms with van der Waals surface area (Å²) in [5, 5.41) is 10.7. The summed E-state index contributed by atoms with van der Waals surface area (Å²) < 4.78 is 0. The van der Waals surface area contributed by atoms with Crippen LogP contribution in [0.15, 0.2) is 18.3 Å². The number of carbonyl (C=O) groups is 1. The molecule has 4 heterocycles. The highest BCUT2D eigenvalue weighted by atomic mass is 32.1. The van der Waals surface area contributed by atoms with Crippen molar-refractivity contribution in [2.75, 3.05) is 5.73 Å². The number of amides is 1. The highest BCUT2D eigenvalue weighted by molar-refractivity contribution is 7.21. The summed E-state index contributed by atoms with van der Waals surface area (Å²) in [6.45, 7) is 0. The topological polar surface area (TPSA) is 79.5 Å². The maximum Gasteiger partial charge on any atom is 0.266 e. The number of nitrogen functional groups attached to an aromatic ring is 1. The molecule has 2 saturated heterocycles. The Balaban J connectivity index is 1.72. The zero-order valence-corrected chi connectivity index (χ0v) is 12.3. The average molecular weight is 303 g/mol. The van der Waals surface area contributed by atoms with E-state index in [1.54, 1.807) is 6.20 Å². The average Bonchev–Trinajstić information content (AvgIpc) is 2.95. The Kier molecular flexibility index (Phi) is 2.90. The van der Waals surface area contributed by atoms with Crippen LogP contribution in [0.25, 0.3) is 10.2 Å².